The lowest BCUT2D eigenvalue weighted by atomic mass is 10.0. The Bertz CT molecular complexity index is 744. The second-order valence-electron chi connectivity index (χ2n) is 5.86. The molecule has 0 atom stereocenters. The molecule has 1 aromatic heterocycles. The summed E-state index contributed by atoms with van der Waals surface area (Å²) in [7, 11) is 1.93. The molecule has 1 aliphatic rings. The highest BCUT2D eigenvalue weighted by molar-refractivity contribution is 6.05. The quantitative estimate of drug-likeness (QED) is 0.805. The zero-order valence-corrected chi connectivity index (χ0v) is 13.9. The Morgan fingerprint density at radius 2 is 2.17 bits per heavy atom. The molecular formula is C18H21FN2O3. The third kappa shape index (κ3) is 3.19. The second-order valence-corrected chi connectivity index (χ2v) is 5.86. The standard InChI is InChI=1S/C18H21FN2O3/c1-3-24-18(22)15-11-20-16-5-4-12(19)10-14(16)17(15)21(2)13-6-8-23-9-7-13/h4-5,10-11,13H,3,6-9H2,1-2H3. The third-order valence-electron chi connectivity index (χ3n) is 4.39. The summed E-state index contributed by atoms with van der Waals surface area (Å²) in [5.74, 6) is -0.794. The number of hydrogen-bond donors (Lipinski definition) is 0. The number of halogens is 1. The summed E-state index contributed by atoms with van der Waals surface area (Å²) in [6.45, 7) is 3.40. The number of benzene rings is 1. The minimum atomic E-state index is -0.440. The number of carbonyl (C=O) groups excluding carboxylic acids is 1. The van der Waals surface area contributed by atoms with Crippen LogP contribution in [-0.4, -0.2) is 43.9 Å². The largest absolute Gasteiger partial charge is 0.462 e. The minimum absolute atomic E-state index is 0.223. The van der Waals surface area contributed by atoms with Gasteiger partial charge in [-0.1, -0.05) is 0 Å². The van der Waals surface area contributed by atoms with Crippen molar-refractivity contribution in [2.45, 2.75) is 25.8 Å². The lowest BCUT2D eigenvalue weighted by Crippen LogP contribution is -2.37. The van der Waals surface area contributed by atoms with Crippen LogP contribution in [0.1, 0.15) is 30.1 Å². The molecule has 24 heavy (non-hydrogen) atoms. The van der Waals surface area contributed by atoms with Crippen LogP contribution in [0.2, 0.25) is 0 Å². The molecule has 2 heterocycles. The van der Waals surface area contributed by atoms with Gasteiger partial charge in [0.15, 0.2) is 0 Å². The highest BCUT2D eigenvalue weighted by Crippen LogP contribution is 2.33. The SMILES string of the molecule is CCOC(=O)c1cnc2ccc(F)cc2c1N(C)C1CCOCC1. The van der Waals surface area contributed by atoms with E-state index < -0.39 is 5.97 Å². The van der Waals surface area contributed by atoms with Gasteiger partial charge in [-0.15, -0.1) is 0 Å². The van der Waals surface area contributed by atoms with Crippen LogP contribution in [0.4, 0.5) is 10.1 Å². The molecule has 1 fully saturated rings. The van der Waals surface area contributed by atoms with E-state index in [4.69, 9.17) is 9.47 Å². The van der Waals surface area contributed by atoms with Crippen LogP contribution < -0.4 is 4.90 Å². The molecule has 0 radical (unpaired) electrons. The van der Waals surface area contributed by atoms with E-state index in [9.17, 15) is 9.18 Å². The maximum absolute atomic E-state index is 13.8. The molecule has 1 aliphatic heterocycles. The van der Waals surface area contributed by atoms with Crippen molar-refractivity contribution < 1.29 is 18.7 Å². The fourth-order valence-electron chi connectivity index (χ4n) is 3.14. The van der Waals surface area contributed by atoms with Crippen molar-refractivity contribution in [3.8, 4) is 0 Å². The van der Waals surface area contributed by atoms with Crippen molar-refractivity contribution >= 4 is 22.6 Å². The number of ether oxygens (including phenoxy) is 2. The van der Waals surface area contributed by atoms with E-state index in [1.807, 2.05) is 11.9 Å². The van der Waals surface area contributed by atoms with Crippen molar-refractivity contribution in [3.63, 3.8) is 0 Å². The number of aromatic nitrogens is 1. The van der Waals surface area contributed by atoms with Crippen molar-refractivity contribution in [2.75, 3.05) is 31.8 Å². The molecule has 6 heteroatoms. The molecule has 1 saturated heterocycles. The molecule has 0 saturated carbocycles. The zero-order valence-electron chi connectivity index (χ0n) is 13.9. The monoisotopic (exact) mass is 332 g/mol. The van der Waals surface area contributed by atoms with E-state index in [-0.39, 0.29) is 18.5 Å². The molecule has 0 unspecified atom stereocenters. The van der Waals surface area contributed by atoms with Crippen LogP contribution in [0.25, 0.3) is 10.9 Å². The molecule has 128 valence electrons. The van der Waals surface area contributed by atoms with E-state index >= 15 is 0 Å². The summed E-state index contributed by atoms with van der Waals surface area (Å²) >= 11 is 0. The first-order valence-electron chi connectivity index (χ1n) is 8.17. The maximum Gasteiger partial charge on any atom is 0.341 e. The average Bonchev–Trinajstić information content (AvgIpc) is 2.61. The number of esters is 1. The number of carbonyl (C=O) groups is 1. The van der Waals surface area contributed by atoms with Gasteiger partial charge in [0.25, 0.3) is 0 Å². The van der Waals surface area contributed by atoms with E-state index in [1.165, 1.54) is 18.3 Å². The first-order chi connectivity index (χ1) is 11.6. The Hall–Kier alpha value is -2.21. The predicted molar refractivity (Wildman–Crippen MR) is 89.9 cm³/mol. The van der Waals surface area contributed by atoms with Gasteiger partial charge in [0.2, 0.25) is 0 Å². The van der Waals surface area contributed by atoms with Crippen LogP contribution in [0.3, 0.4) is 0 Å². The predicted octanol–water partition coefficient (Wildman–Crippen LogP) is 3.17. The molecule has 0 aliphatic carbocycles. The van der Waals surface area contributed by atoms with Crippen LogP contribution in [0, 0.1) is 5.82 Å². The Morgan fingerprint density at radius 3 is 2.88 bits per heavy atom. The van der Waals surface area contributed by atoms with Gasteiger partial charge in [-0.3, -0.25) is 4.98 Å². The van der Waals surface area contributed by atoms with Gasteiger partial charge in [-0.25, -0.2) is 9.18 Å². The normalized spacial score (nSPS) is 15.5. The summed E-state index contributed by atoms with van der Waals surface area (Å²) in [4.78, 5) is 18.7. The zero-order chi connectivity index (χ0) is 17.1. The molecule has 2 aromatic rings. The van der Waals surface area contributed by atoms with Crippen molar-refractivity contribution in [3.05, 3.63) is 35.8 Å². The minimum Gasteiger partial charge on any atom is -0.462 e. The first-order valence-corrected chi connectivity index (χ1v) is 8.17. The number of fused-ring (bicyclic) bond motifs is 1. The number of pyridine rings is 1. The van der Waals surface area contributed by atoms with Crippen molar-refractivity contribution in [2.24, 2.45) is 0 Å². The van der Waals surface area contributed by atoms with Gasteiger partial charge < -0.3 is 14.4 Å². The Morgan fingerprint density at radius 1 is 1.42 bits per heavy atom. The van der Waals surface area contributed by atoms with Crippen LogP contribution in [-0.2, 0) is 9.47 Å². The molecule has 1 aromatic carbocycles. The Balaban J connectivity index is 2.14. The van der Waals surface area contributed by atoms with Gasteiger partial charge in [0, 0.05) is 37.9 Å². The smallest absolute Gasteiger partial charge is 0.341 e. The van der Waals surface area contributed by atoms with Crippen LogP contribution >= 0.6 is 0 Å². The highest BCUT2D eigenvalue weighted by Gasteiger charge is 2.26. The number of anilines is 1. The summed E-state index contributed by atoms with van der Waals surface area (Å²) in [5, 5.41) is 0.620. The maximum atomic E-state index is 13.8. The fraction of sp³-hybridized carbons (Fsp3) is 0.444. The van der Waals surface area contributed by atoms with Crippen molar-refractivity contribution in [1.29, 1.82) is 0 Å². The summed E-state index contributed by atoms with van der Waals surface area (Å²) in [6, 6.07) is 4.65. The Labute approximate surface area is 140 Å². The molecule has 0 amide bonds. The first kappa shape index (κ1) is 16.6. The van der Waals surface area contributed by atoms with Crippen molar-refractivity contribution in [1.82, 2.24) is 4.98 Å². The van der Waals surface area contributed by atoms with Gasteiger partial charge in [0.1, 0.15) is 11.4 Å². The number of nitrogens with zero attached hydrogens (tertiary/aromatic N) is 2. The molecule has 3 rings (SSSR count). The fourth-order valence-corrected chi connectivity index (χ4v) is 3.14. The van der Waals surface area contributed by atoms with Crippen LogP contribution in [0.5, 0.6) is 0 Å². The van der Waals surface area contributed by atoms with Crippen LogP contribution in [0.15, 0.2) is 24.4 Å². The molecule has 0 N–H and O–H groups in total. The summed E-state index contributed by atoms with van der Waals surface area (Å²) in [5.41, 5.74) is 1.69. The molecule has 5 nitrogen and oxygen atoms in total. The average molecular weight is 332 g/mol. The molecular weight excluding hydrogens is 311 g/mol. The number of rotatable bonds is 4. The summed E-state index contributed by atoms with van der Waals surface area (Å²) < 4.78 is 24.4. The van der Waals surface area contributed by atoms with Gasteiger partial charge in [-0.05, 0) is 38.0 Å². The summed E-state index contributed by atoms with van der Waals surface area (Å²) in [6.07, 6.45) is 3.24. The van der Waals surface area contributed by atoms with Gasteiger partial charge >= 0.3 is 5.97 Å². The van der Waals surface area contributed by atoms with E-state index in [2.05, 4.69) is 4.98 Å². The highest BCUT2D eigenvalue weighted by atomic mass is 19.1. The third-order valence-corrected chi connectivity index (χ3v) is 4.39. The lowest BCUT2D eigenvalue weighted by molar-refractivity contribution is 0.0526. The second kappa shape index (κ2) is 7.13. The van der Waals surface area contributed by atoms with Gasteiger partial charge in [0.05, 0.1) is 17.8 Å². The lowest BCUT2D eigenvalue weighted by Gasteiger charge is -2.34. The number of hydrogen-bond acceptors (Lipinski definition) is 5. The van der Waals surface area contributed by atoms with E-state index in [0.717, 1.165) is 12.8 Å². The molecule has 0 bridgehead atoms. The van der Waals surface area contributed by atoms with Gasteiger partial charge in [-0.2, -0.15) is 0 Å². The van der Waals surface area contributed by atoms with E-state index in [1.54, 1.807) is 13.0 Å². The Kier molecular flexibility index (Phi) is 4.94. The topological polar surface area (TPSA) is 51.7 Å². The van der Waals surface area contributed by atoms with E-state index in [0.29, 0.717) is 35.4 Å². The molecule has 0 spiro atoms.